The number of nitrogens with zero attached hydrogens (tertiary/aromatic N) is 2. The lowest BCUT2D eigenvalue weighted by Gasteiger charge is -2.30. The van der Waals surface area contributed by atoms with Crippen LogP contribution in [0, 0.1) is 10.1 Å². The van der Waals surface area contributed by atoms with Crippen LogP contribution in [0.5, 0.6) is 5.75 Å². The highest BCUT2D eigenvalue weighted by atomic mass is 32.2. The number of methoxy groups -OCH3 is 1. The van der Waals surface area contributed by atoms with E-state index in [0.29, 0.717) is 37.7 Å². The summed E-state index contributed by atoms with van der Waals surface area (Å²) in [6.45, 7) is 1.85. The average Bonchev–Trinajstić information content (AvgIpc) is 2.89. The Morgan fingerprint density at radius 2 is 1.75 bits per heavy atom. The molecule has 1 saturated heterocycles. The highest BCUT2D eigenvalue weighted by Crippen LogP contribution is 2.33. The molecule has 188 valence electrons. The maximum absolute atomic E-state index is 13.6. The molecule has 1 amide bonds. The van der Waals surface area contributed by atoms with Crippen LogP contribution in [0.2, 0.25) is 0 Å². The van der Waals surface area contributed by atoms with Crippen molar-refractivity contribution in [2.24, 2.45) is 0 Å². The summed E-state index contributed by atoms with van der Waals surface area (Å²) in [6.07, 6.45) is 0. The lowest BCUT2D eigenvalue weighted by Crippen LogP contribution is -2.37. The second kappa shape index (κ2) is 10.6. The van der Waals surface area contributed by atoms with Crippen LogP contribution in [-0.4, -0.2) is 52.7 Å². The number of nitrogens with one attached hydrogen (secondary N) is 2. The Bertz CT molecular complexity index is 1390. The van der Waals surface area contributed by atoms with Gasteiger partial charge in [-0.1, -0.05) is 24.3 Å². The Morgan fingerprint density at radius 3 is 2.47 bits per heavy atom. The van der Waals surface area contributed by atoms with Crippen molar-refractivity contribution >= 4 is 38.7 Å². The van der Waals surface area contributed by atoms with E-state index in [1.165, 1.54) is 37.4 Å². The van der Waals surface area contributed by atoms with Crippen molar-refractivity contribution in [3.8, 4) is 5.75 Å². The number of para-hydroxylation sites is 3. The fourth-order valence-electron chi connectivity index (χ4n) is 3.82. The van der Waals surface area contributed by atoms with E-state index in [1.807, 2.05) is 4.90 Å². The number of ether oxygens (including phenoxy) is 2. The number of amides is 1. The molecule has 1 aliphatic rings. The summed E-state index contributed by atoms with van der Waals surface area (Å²) in [6, 6.07) is 16.6. The summed E-state index contributed by atoms with van der Waals surface area (Å²) in [7, 11) is -2.71. The standard InChI is InChI=1S/C24H24N4O7S/c1-34-22-9-5-3-7-19(22)26-36(32,33)23-16-17(10-11-21(23)27-12-14-35-15-13-27)25-24(29)18-6-2-4-8-20(18)28(30)31/h2-11,16,26H,12-15H2,1H3,(H,25,29). The highest BCUT2D eigenvalue weighted by Gasteiger charge is 2.26. The molecule has 0 saturated carbocycles. The van der Waals surface area contributed by atoms with Crippen molar-refractivity contribution in [3.63, 3.8) is 0 Å². The van der Waals surface area contributed by atoms with Crippen LogP contribution in [0.1, 0.15) is 10.4 Å². The number of sulfonamides is 1. The lowest BCUT2D eigenvalue weighted by atomic mass is 10.1. The van der Waals surface area contributed by atoms with E-state index in [4.69, 9.17) is 9.47 Å². The van der Waals surface area contributed by atoms with Gasteiger partial charge in [-0.2, -0.15) is 0 Å². The molecule has 1 aliphatic heterocycles. The van der Waals surface area contributed by atoms with Crippen molar-refractivity contribution in [3.05, 3.63) is 82.4 Å². The first-order chi connectivity index (χ1) is 17.3. The van der Waals surface area contributed by atoms with E-state index in [1.54, 1.807) is 36.4 Å². The van der Waals surface area contributed by atoms with Gasteiger partial charge in [-0.15, -0.1) is 0 Å². The molecule has 3 aromatic carbocycles. The van der Waals surface area contributed by atoms with Gasteiger partial charge in [-0.3, -0.25) is 19.6 Å². The second-order valence-corrected chi connectivity index (χ2v) is 9.47. The van der Waals surface area contributed by atoms with E-state index in [9.17, 15) is 23.3 Å². The zero-order valence-corrected chi connectivity index (χ0v) is 20.2. The molecule has 3 aromatic rings. The van der Waals surface area contributed by atoms with Crippen molar-refractivity contribution < 1.29 is 27.6 Å². The smallest absolute Gasteiger partial charge is 0.282 e. The van der Waals surface area contributed by atoms with Gasteiger partial charge in [-0.05, 0) is 36.4 Å². The molecule has 36 heavy (non-hydrogen) atoms. The van der Waals surface area contributed by atoms with Crippen LogP contribution in [0.15, 0.2) is 71.6 Å². The number of nitro benzene ring substituents is 1. The molecule has 12 heteroatoms. The summed E-state index contributed by atoms with van der Waals surface area (Å²) in [5.74, 6) is -0.391. The van der Waals surface area contributed by atoms with E-state index in [2.05, 4.69) is 10.0 Å². The molecule has 0 aromatic heterocycles. The van der Waals surface area contributed by atoms with E-state index in [-0.39, 0.29) is 27.5 Å². The van der Waals surface area contributed by atoms with Gasteiger partial charge < -0.3 is 19.7 Å². The molecule has 4 rings (SSSR count). The molecular formula is C24H24N4O7S. The molecule has 11 nitrogen and oxygen atoms in total. The van der Waals surface area contributed by atoms with Gasteiger partial charge in [0.15, 0.2) is 0 Å². The van der Waals surface area contributed by atoms with Gasteiger partial charge in [0.25, 0.3) is 21.6 Å². The molecule has 0 atom stereocenters. The van der Waals surface area contributed by atoms with Gasteiger partial charge in [0, 0.05) is 24.8 Å². The van der Waals surface area contributed by atoms with Crippen LogP contribution >= 0.6 is 0 Å². The molecule has 0 unspecified atom stereocenters. The fourth-order valence-corrected chi connectivity index (χ4v) is 5.15. The summed E-state index contributed by atoms with van der Waals surface area (Å²) < 4.78 is 40.3. The number of carbonyl (C=O) groups excluding carboxylic acids is 1. The molecule has 0 aliphatic carbocycles. The summed E-state index contributed by atoms with van der Waals surface area (Å²) in [5.41, 5.74) is 0.351. The van der Waals surface area contributed by atoms with Crippen LogP contribution in [0.3, 0.4) is 0 Å². The van der Waals surface area contributed by atoms with E-state index >= 15 is 0 Å². The summed E-state index contributed by atoms with van der Waals surface area (Å²) >= 11 is 0. The summed E-state index contributed by atoms with van der Waals surface area (Å²) in [4.78, 5) is 25.3. The molecule has 2 N–H and O–H groups in total. The monoisotopic (exact) mass is 512 g/mol. The number of hydrogen-bond donors (Lipinski definition) is 2. The molecular weight excluding hydrogens is 488 g/mol. The van der Waals surface area contributed by atoms with Crippen molar-refractivity contribution in [2.45, 2.75) is 4.90 Å². The van der Waals surface area contributed by atoms with Crippen LogP contribution < -0.4 is 19.7 Å². The van der Waals surface area contributed by atoms with Gasteiger partial charge in [0.05, 0.1) is 36.6 Å². The maximum atomic E-state index is 13.6. The number of rotatable bonds is 8. The first-order valence-corrected chi connectivity index (χ1v) is 12.5. The third kappa shape index (κ3) is 5.39. The number of benzene rings is 3. The quantitative estimate of drug-likeness (QED) is 0.345. The van der Waals surface area contributed by atoms with Crippen molar-refractivity contribution in [1.82, 2.24) is 0 Å². The van der Waals surface area contributed by atoms with Crippen molar-refractivity contribution in [2.75, 3.05) is 48.4 Å². The number of morpholine rings is 1. The minimum absolute atomic E-state index is 0.0735. The Balaban J connectivity index is 1.72. The first kappa shape index (κ1) is 24.9. The summed E-state index contributed by atoms with van der Waals surface area (Å²) in [5, 5.41) is 13.9. The Labute approximate surface area is 207 Å². The number of nitro groups is 1. The minimum Gasteiger partial charge on any atom is -0.495 e. The maximum Gasteiger partial charge on any atom is 0.282 e. The molecule has 0 radical (unpaired) electrons. The van der Waals surface area contributed by atoms with Gasteiger partial charge in [-0.25, -0.2) is 8.42 Å². The Hall–Kier alpha value is -4.16. The van der Waals surface area contributed by atoms with Crippen LogP contribution in [0.25, 0.3) is 0 Å². The lowest BCUT2D eigenvalue weighted by molar-refractivity contribution is -0.385. The Morgan fingerprint density at radius 1 is 1.06 bits per heavy atom. The van der Waals surface area contributed by atoms with E-state index < -0.39 is 20.9 Å². The topological polar surface area (TPSA) is 140 Å². The van der Waals surface area contributed by atoms with Crippen molar-refractivity contribution in [1.29, 1.82) is 0 Å². The number of hydrogen-bond acceptors (Lipinski definition) is 8. The van der Waals surface area contributed by atoms with E-state index in [0.717, 1.165) is 0 Å². The second-order valence-electron chi connectivity index (χ2n) is 7.82. The number of carbonyl (C=O) groups is 1. The average molecular weight is 513 g/mol. The molecule has 1 fully saturated rings. The SMILES string of the molecule is COc1ccccc1NS(=O)(=O)c1cc(NC(=O)c2ccccc2[N+](=O)[O-])ccc1N1CCOCC1. The normalized spacial score (nSPS) is 13.6. The van der Waals surface area contributed by atoms with Crippen LogP contribution in [-0.2, 0) is 14.8 Å². The minimum atomic E-state index is -4.14. The zero-order chi connectivity index (χ0) is 25.7. The first-order valence-electron chi connectivity index (χ1n) is 11.0. The third-order valence-corrected chi connectivity index (χ3v) is 6.95. The fraction of sp³-hybridized carbons (Fsp3) is 0.208. The molecule has 0 spiro atoms. The largest absolute Gasteiger partial charge is 0.495 e. The van der Waals surface area contributed by atoms with Crippen LogP contribution in [0.4, 0.5) is 22.7 Å². The third-order valence-electron chi connectivity index (χ3n) is 5.56. The zero-order valence-electron chi connectivity index (χ0n) is 19.3. The van der Waals surface area contributed by atoms with Gasteiger partial charge in [0.2, 0.25) is 0 Å². The molecule has 0 bridgehead atoms. The predicted octanol–water partition coefficient (Wildman–Crippen LogP) is 3.49. The Kier molecular flexibility index (Phi) is 7.36. The van der Waals surface area contributed by atoms with Gasteiger partial charge in [0.1, 0.15) is 16.2 Å². The predicted molar refractivity (Wildman–Crippen MR) is 134 cm³/mol. The number of anilines is 3. The highest BCUT2D eigenvalue weighted by molar-refractivity contribution is 7.93. The van der Waals surface area contributed by atoms with Gasteiger partial charge >= 0.3 is 0 Å². The molecule has 1 heterocycles.